The normalized spacial score (nSPS) is 12.6. The molecule has 1 aromatic carbocycles. The topological polar surface area (TPSA) is 59.4 Å². The van der Waals surface area contributed by atoms with E-state index in [9.17, 15) is 4.79 Å². The number of hydrogen-bond acceptors (Lipinski definition) is 4. The van der Waals surface area contributed by atoms with Crippen LogP contribution in [0.3, 0.4) is 0 Å². The van der Waals surface area contributed by atoms with Gasteiger partial charge in [0.2, 0.25) is 0 Å². The molecule has 0 amide bonds. The lowest BCUT2D eigenvalue weighted by molar-refractivity contribution is 0.105. The Morgan fingerprint density at radius 3 is 2.67 bits per heavy atom. The first-order valence-corrected chi connectivity index (χ1v) is 12.7. The summed E-state index contributed by atoms with van der Waals surface area (Å²) in [7, 11) is 0. The highest BCUT2D eigenvalue weighted by atomic mass is 32.1. The van der Waals surface area contributed by atoms with E-state index in [1.807, 2.05) is 24.4 Å². The number of thiophene rings is 1. The molecule has 5 nitrogen and oxygen atoms in total. The van der Waals surface area contributed by atoms with Gasteiger partial charge in [-0.1, -0.05) is 70.4 Å². The van der Waals surface area contributed by atoms with Crippen LogP contribution in [-0.2, 0) is 11.3 Å². The van der Waals surface area contributed by atoms with Gasteiger partial charge in [0.15, 0.2) is 5.65 Å². The second-order valence-electron chi connectivity index (χ2n) is 9.27. The van der Waals surface area contributed by atoms with E-state index < -0.39 is 0 Å². The largest absolute Gasteiger partial charge is 0.375 e. The average Bonchev–Trinajstić information content (AvgIpc) is 3.44. The highest BCUT2D eigenvalue weighted by molar-refractivity contribution is 7.14. The minimum absolute atomic E-state index is 0.119. The molecular weight excluding hydrogens is 430 g/mol. The Morgan fingerprint density at radius 1 is 1.06 bits per heavy atom. The predicted molar refractivity (Wildman–Crippen MR) is 137 cm³/mol. The Labute approximate surface area is 199 Å². The summed E-state index contributed by atoms with van der Waals surface area (Å²) in [6.45, 7) is 7.88. The van der Waals surface area contributed by atoms with Crippen molar-refractivity contribution in [3.63, 3.8) is 0 Å². The fraction of sp³-hybridized carbons (Fsp3) is 0.407. The number of benzene rings is 1. The Hall–Kier alpha value is -2.70. The first-order chi connectivity index (χ1) is 16.0. The number of hydrogen-bond donors (Lipinski definition) is 1. The van der Waals surface area contributed by atoms with E-state index in [0.29, 0.717) is 30.5 Å². The van der Waals surface area contributed by atoms with Gasteiger partial charge in [0.05, 0.1) is 17.9 Å². The second-order valence-corrected chi connectivity index (χ2v) is 10.2. The van der Waals surface area contributed by atoms with Crippen molar-refractivity contribution in [1.29, 1.82) is 0 Å². The van der Waals surface area contributed by atoms with Gasteiger partial charge >= 0.3 is 0 Å². The maximum atomic E-state index is 12.6. The van der Waals surface area contributed by atoms with Crippen LogP contribution >= 0.6 is 11.3 Å². The monoisotopic (exact) mass is 463 g/mol. The molecule has 0 aliphatic carbocycles. The zero-order valence-electron chi connectivity index (χ0n) is 19.7. The molecule has 0 aliphatic rings. The van der Waals surface area contributed by atoms with Crippen molar-refractivity contribution in [3.05, 3.63) is 70.1 Å². The summed E-state index contributed by atoms with van der Waals surface area (Å²) in [6, 6.07) is 14.0. The lowest BCUT2D eigenvalue weighted by Crippen LogP contribution is -2.16. The minimum Gasteiger partial charge on any atom is -0.375 e. The van der Waals surface area contributed by atoms with E-state index in [-0.39, 0.29) is 5.56 Å². The van der Waals surface area contributed by atoms with Crippen LogP contribution in [0.1, 0.15) is 52.1 Å². The molecule has 0 aliphatic heterocycles. The molecule has 6 heteroatoms. The van der Waals surface area contributed by atoms with Crippen LogP contribution in [0.4, 0.5) is 0 Å². The summed E-state index contributed by atoms with van der Waals surface area (Å²) in [4.78, 5) is 18.5. The lowest BCUT2D eigenvalue weighted by atomic mass is 9.98. The van der Waals surface area contributed by atoms with Gasteiger partial charge in [0, 0.05) is 23.7 Å². The van der Waals surface area contributed by atoms with Crippen LogP contribution in [0.2, 0.25) is 0 Å². The highest BCUT2D eigenvalue weighted by Crippen LogP contribution is 2.34. The molecule has 0 fully saturated rings. The van der Waals surface area contributed by atoms with Crippen LogP contribution in [-0.4, -0.2) is 21.2 Å². The fourth-order valence-corrected chi connectivity index (χ4v) is 4.95. The Kier molecular flexibility index (Phi) is 7.78. The van der Waals surface area contributed by atoms with E-state index in [1.54, 1.807) is 17.4 Å². The van der Waals surface area contributed by atoms with E-state index >= 15 is 0 Å². The zero-order chi connectivity index (χ0) is 23.2. The molecule has 3 aromatic heterocycles. The van der Waals surface area contributed by atoms with Crippen LogP contribution < -0.4 is 5.56 Å². The van der Waals surface area contributed by atoms with Gasteiger partial charge in [-0.05, 0) is 40.8 Å². The molecule has 174 valence electrons. The minimum atomic E-state index is -0.119. The van der Waals surface area contributed by atoms with Gasteiger partial charge in [-0.3, -0.25) is 9.89 Å². The molecular formula is C27H33N3O2S. The number of H-pyrrole nitrogens is 1. The van der Waals surface area contributed by atoms with Gasteiger partial charge < -0.3 is 4.74 Å². The maximum Gasteiger partial charge on any atom is 0.272 e. The molecule has 0 saturated carbocycles. The lowest BCUT2D eigenvalue weighted by Gasteiger charge is -2.12. The molecule has 1 atom stereocenters. The summed E-state index contributed by atoms with van der Waals surface area (Å²) in [6.07, 6.45) is 6.69. The third-order valence-corrected chi connectivity index (χ3v) is 6.97. The van der Waals surface area contributed by atoms with E-state index in [4.69, 9.17) is 9.72 Å². The molecule has 4 rings (SSSR count). The number of fused-ring (bicyclic) bond motifs is 1. The Balaban J connectivity index is 1.42. The molecule has 0 saturated heterocycles. The quantitative estimate of drug-likeness (QED) is 0.249. The summed E-state index contributed by atoms with van der Waals surface area (Å²) < 4.78 is 7.39. The standard InChI is InChI=1S/C27H33N3O2S/c1-19(2)8-7-9-20(3)12-13-32-17-23-15-26(31)30-27(29-23)24(16-28-30)25-14-22(18-33-25)21-10-5-4-6-11-21/h4-6,10-11,14-16,18-20,28H,7-9,12-13,17H2,1-3H3. The smallest absolute Gasteiger partial charge is 0.272 e. The number of aromatic nitrogens is 3. The van der Waals surface area contributed by atoms with Gasteiger partial charge in [-0.15, -0.1) is 11.3 Å². The molecule has 0 bridgehead atoms. The van der Waals surface area contributed by atoms with Gasteiger partial charge in [-0.25, -0.2) is 9.50 Å². The number of nitrogens with one attached hydrogen (secondary N) is 1. The summed E-state index contributed by atoms with van der Waals surface area (Å²) in [5, 5.41) is 5.19. The first kappa shape index (κ1) is 23.5. The van der Waals surface area contributed by atoms with Crippen molar-refractivity contribution in [2.24, 2.45) is 11.8 Å². The van der Waals surface area contributed by atoms with Crippen molar-refractivity contribution in [1.82, 2.24) is 14.6 Å². The molecule has 3 heterocycles. The molecule has 1 unspecified atom stereocenters. The molecule has 0 spiro atoms. The molecule has 0 radical (unpaired) electrons. The number of aromatic amines is 1. The average molecular weight is 464 g/mol. The predicted octanol–water partition coefficient (Wildman–Crippen LogP) is 6.79. The van der Waals surface area contributed by atoms with E-state index in [2.05, 4.69) is 49.4 Å². The highest BCUT2D eigenvalue weighted by Gasteiger charge is 2.14. The van der Waals surface area contributed by atoms with Crippen molar-refractivity contribution < 1.29 is 4.74 Å². The Morgan fingerprint density at radius 2 is 1.88 bits per heavy atom. The van der Waals surface area contributed by atoms with Crippen LogP contribution in [0.15, 0.2) is 58.8 Å². The number of rotatable bonds is 11. The number of ether oxygens (including phenoxy) is 1. The number of nitrogens with zero attached hydrogens (tertiary/aromatic N) is 2. The van der Waals surface area contributed by atoms with Crippen molar-refractivity contribution in [2.75, 3.05) is 6.61 Å². The summed E-state index contributed by atoms with van der Waals surface area (Å²) in [5.41, 5.74) is 4.47. The third kappa shape index (κ3) is 6.01. The maximum absolute atomic E-state index is 12.6. The van der Waals surface area contributed by atoms with Crippen molar-refractivity contribution in [2.45, 2.75) is 53.1 Å². The fourth-order valence-electron chi connectivity index (χ4n) is 4.02. The van der Waals surface area contributed by atoms with E-state index in [0.717, 1.165) is 22.8 Å². The van der Waals surface area contributed by atoms with Crippen LogP contribution in [0, 0.1) is 11.8 Å². The van der Waals surface area contributed by atoms with Gasteiger partial charge in [0.25, 0.3) is 5.56 Å². The summed E-state index contributed by atoms with van der Waals surface area (Å²) in [5.74, 6) is 1.42. The first-order valence-electron chi connectivity index (χ1n) is 11.8. The van der Waals surface area contributed by atoms with Crippen LogP contribution in [0.5, 0.6) is 0 Å². The zero-order valence-corrected chi connectivity index (χ0v) is 20.5. The van der Waals surface area contributed by atoms with E-state index in [1.165, 1.54) is 34.9 Å². The summed E-state index contributed by atoms with van der Waals surface area (Å²) >= 11 is 1.65. The van der Waals surface area contributed by atoms with Crippen LogP contribution in [0.25, 0.3) is 27.2 Å². The SMILES string of the molecule is CC(C)CCCC(C)CCOCc1cc(=O)n2[nH]cc(-c3cc(-c4ccccc4)cs3)c2n1. The molecule has 4 aromatic rings. The van der Waals surface area contributed by atoms with Crippen molar-refractivity contribution in [3.8, 4) is 21.6 Å². The Bertz CT molecular complexity index is 1220. The van der Waals surface area contributed by atoms with Gasteiger partial charge in [0.1, 0.15) is 0 Å². The van der Waals surface area contributed by atoms with Gasteiger partial charge in [-0.2, -0.15) is 0 Å². The van der Waals surface area contributed by atoms with Crippen molar-refractivity contribution >= 4 is 17.0 Å². The molecule has 1 N–H and O–H groups in total. The third-order valence-electron chi connectivity index (χ3n) is 6.01. The molecule has 33 heavy (non-hydrogen) atoms. The second kappa shape index (κ2) is 10.9.